The van der Waals surface area contributed by atoms with Crippen LogP contribution >= 0.6 is 0 Å². The molecule has 0 spiro atoms. The average Bonchev–Trinajstić information content (AvgIpc) is 2.89. The van der Waals surface area contributed by atoms with Crippen molar-refractivity contribution >= 4 is 16.8 Å². The number of nitrogens with one attached hydrogen (secondary N) is 1. The number of aromatic nitrogens is 2. The van der Waals surface area contributed by atoms with Gasteiger partial charge in [-0.1, -0.05) is 19.9 Å². The van der Waals surface area contributed by atoms with Gasteiger partial charge in [0.1, 0.15) is 0 Å². The molecule has 1 unspecified atom stereocenters. The maximum absolute atomic E-state index is 12.7. The summed E-state index contributed by atoms with van der Waals surface area (Å²) in [7, 11) is 0. The maximum Gasteiger partial charge on any atom is 0.254 e. The first-order chi connectivity index (χ1) is 9.49. The molecule has 1 saturated heterocycles. The molecular weight excluding hydrogens is 252 g/mol. The molecule has 1 aliphatic heterocycles. The second-order valence-corrected chi connectivity index (χ2v) is 6.25. The Balaban J connectivity index is 1.91. The number of likely N-dealkylation sites (tertiary alicyclic amines) is 1. The van der Waals surface area contributed by atoms with Crippen molar-refractivity contribution in [3.63, 3.8) is 0 Å². The predicted octanol–water partition coefficient (Wildman–Crippen LogP) is 1.76. The largest absolute Gasteiger partial charge is 0.338 e. The maximum atomic E-state index is 12.7. The Morgan fingerprint density at radius 3 is 3.05 bits per heavy atom. The van der Waals surface area contributed by atoms with Crippen LogP contribution in [0.5, 0.6) is 0 Å². The summed E-state index contributed by atoms with van der Waals surface area (Å²) in [6.07, 6.45) is 2.56. The van der Waals surface area contributed by atoms with Crippen LogP contribution in [-0.2, 0) is 0 Å². The van der Waals surface area contributed by atoms with Crippen molar-refractivity contribution < 1.29 is 4.79 Å². The number of carbonyl (C=O) groups excluding carboxylic acids is 1. The van der Waals surface area contributed by atoms with Crippen LogP contribution in [0.4, 0.5) is 0 Å². The Morgan fingerprint density at radius 1 is 1.50 bits per heavy atom. The molecule has 0 radical (unpaired) electrons. The number of aromatic amines is 1. The normalized spacial score (nSPS) is 22.1. The topological polar surface area (TPSA) is 75.0 Å². The van der Waals surface area contributed by atoms with Crippen molar-refractivity contribution in [2.24, 2.45) is 11.1 Å². The van der Waals surface area contributed by atoms with Crippen molar-refractivity contribution in [2.45, 2.75) is 26.3 Å². The van der Waals surface area contributed by atoms with Gasteiger partial charge in [0.05, 0.1) is 17.3 Å². The molecule has 0 aliphatic carbocycles. The third kappa shape index (κ3) is 2.08. The number of fused-ring (bicyclic) bond motifs is 1. The summed E-state index contributed by atoms with van der Waals surface area (Å²) < 4.78 is 0. The zero-order chi connectivity index (χ0) is 14.3. The Morgan fingerprint density at radius 2 is 2.30 bits per heavy atom. The summed E-state index contributed by atoms with van der Waals surface area (Å²) in [5.74, 6) is 0.0666. The van der Waals surface area contributed by atoms with Crippen LogP contribution in [0.25, 0.3) is 10.9 Å². The fourth-order valence-corrected chi connectivity index (χ4v) is 2.87. The highest BCUT2D eigenvalue weighted by Crippen LogP contribution is 2.29. The van der Waals surface area contributed by atoms with Crippen LogP contribution in [0, 0.1) is 5.41 Å². The molecule has 1 aromatic carbocycles. The van der Waals surface area contributed by atoms with E-state index in [0.717, 1.165) is 23.9 Å². The van der Waals surface area contributed by atoms with Crippen molar-refractivity contribution in [1.29, 1.82) is 0 Å². The Kier molecular flexibility index (Phi) is 3.01. The van der Waals surface area contributed by atoms with Crippen LogP contribution < -0.4 is 5.73 Å². The van der Waals surface area contributed by atoms with Gasteiger partial charge >= 0.3 is 0 Å². The summed E-state index contributed by atoms with van der Waals surface area (Å²) in [6, 6.07) is 5.82. The van der Waals surface area contributed by atoms with Gasteiger partial charge in [-0.05, 0) is 24.0 Å². The highest BCUT2D eigenvalue weighted by Gasteiger charge is 2.35. The molecule has 3 N–H and O–H groups in total. The van der Waals surface area contributed by atoms with Crippen molar-refractivity contribution in [2.75, 3.05) is 13.1 Å². The van der Waals surface area contributed by atoms with Gasteiger partial charge in [0, 0.05) is 24.5 Å². The molecule has 5 nitrogen and oxygen atoms in total. The highest BCUT2D eigenvalue weighted by atomic mass is 16.2. The Labute approximate surface area is 118 Å². The van der Waals surface area contributed by atoms with Crippen molar-refractivity contribution in [3.8, 4) is 0 Å². The molecule has 2 heterocycles. The summed E-state index contributed by atoms with van der Waals surface area (Å²) in [6.45, 7) is 5.66. The van der Waals surface area contributed by atoms with Gasteiger partial charge in [0.25, 0.3) is 5.91 Å². The number of piperidine rings is 1. The molecule has 1 atom stereocenters. The molecule has 0 bridgehead atoms. The zero-order valence-electron chi connectivity index (χ0n) is 11.9. The second-order valence-electron chi connectivity index (χ2n) is 6.25. The Hall–Kier alpha value is -1.88. The first kappa shape index (κ1) is 13.1. The minimum Gasteiger partial charge on any atom is -0.338 e. The molecule has 1 aliphatic rings. The smallest absolute Gasteiger partial charge is 0.254 e. The zero-order valence-corrected chi connectivity index (χ0v) is 11.9. The van der Waals surface area contributed by atoms with E-state index in [1.54, 1.807) is 6.20 Å². The molecule has 2 aromatic rings. The van der Waals surface area contributed by atoms with E-state index in [0.29, 0.717) is 12.1 Å². The van der Waals surface area contributed by atoms with E-state index < -0.39 is 0 Å². The van der Waals surface area contributed by atoms with Gasteiger partial charge in [-0.3, -0.25) is 9.89 Å². The molecule has 1 amide bonds. The summed E-state index contributed by atoms with van der Waals surface area (Å²) in [5, 5.41) is 7.79. The summed E-state index contributed by atoms with van der Waals surface area (Å²) in [4.78, 5) is 14.7. The minimum absolute atomic E-state index is 0.0435. The van der Waals surface area contributed by atoms with Crippen molar-refractivity contribution in [3.05, 3.63) is 30.0 Å². The first-order valence-electron chi connectivity index (χ1n) is 6.96. The average molecular weight is 272 g/mol. The van der Waals surface area contributed by atoms with E-state index in [-0.39, 0.29) is 17.4 Å². The number of carbonyl (C=O) groups is 1. The standard InChI is InChI=1S/C15H20N4O/c1-15(2)9-19(7-6-13(15)16)14(20)10-4-3-5-12-11(10)8-17-18-12/h3-5,8,13H,6-7,9,16H2,1-2H3,(H,17,18). The van der Waals surface area contributed by atoms with Gasteiger partial charge in [-0.25, -0.2) is 0 Å². The second kappa shape index (κ2) is 4.59. The number of H-pyrrole nitrogens is 1. The first-order valence-corrected chi connectivity index (χ1v) is 6.96. The van der Waals surface area contributed by atoms with Crippen LogP contribution in [0.3, 0.4) is 0 Å². The number of hydrogen-bond acceptors (Lipinski definition) is 3. The van der Waals surface area contributed by atoms with Gasteiger partial charge < -0.3 is 10.6 Å². The van der Waals surface area contributed by atoms with E-state index in [1.807, 2.05) is 23.1 Å². The summed E-state index contributed by atoms with van der Waals surface area (Å²) >= 11 is 0. The molecule has 1 fully saturated rings. The predicted molar refractivity (Wildman–Crippen MR) is 78.4 cm³/mol. The van der Waals surface area contributed by atoms with E-state index in [9.17, 15) is 4.79 Å². The minimum atomic E-state index is -0.0435. The van der Waals surface area contributed by atoms with Crippen LogP contribution in [0.2, 0.25) is 0 Å². The number of rotatable bonds is 1. The molecule has 1 aromatic heterocycles. The SMILES string of the molecule is CC1(C)CN(C(=O)c2cccc3[nH]ncc23)CCC1N. The lowest BCUT2D eigenvalue weighted by Gasteiger charge is -2.42. The lowest BCUT2D eigenvalue weighted by Crippen LogP contribution is -2.54. The lowest BCUT2D eigenvalue weighted by molar-refractivity contribution is 0.0535. The molecule has 0 saturated carbocycles. The van der Waals surface area contributed by atoms with Crippen LogP contribution in [0.15, 0.2) is 24.4 Å². The molecule has 20 heavy (non-hydrogen) atoms. The fourth-order valence-electron chi connectivity index (χ4n) is 2.87. The van der Waals surface area contributed by atoms with E-state index >= 15 is 0 Å². The Bertz CT molecular complexity index is 646. The number of nitrogens with two attached hydrogens (primary N) is 1. The molecular formula is C15H20N4O. The number of amides is 1. The molecule has 5 heteroatoms. The summed E-state index contributed by atoms with van der Waals surface area (Å²) in [5.41, 5.74) is 7.69. The number of hydrogen-bond donors (Lipinski definition) is 2. The lowest BCUT2D eigenvalue weighted by atomic mass is 9.79. The number of benzene rings is 1. The van der Waals surface area contributed by atoms with Gasteiger partial charge in [0.15, 0.2) is 0 Å². The van der Waals surface area contributed by atoms with Gasteiger partial charge in [-0.15, -0.1) is 0 Å². The van der Waals surface area contributed by atoms with Gasteiger partial charge in [-0.2, -0.15) is 5.10 Å². The van der Waals surface area contributed by atoms with E-state index in [2.05, 4.69) is 24.0 Å². The van der Waals surface area contributed by atoms with Crippen molar-refractivity contribution in [1.82, 2.24) is 15.1 Å². The molecule has 3 rings (SSSR count). The van der Waals surface area contributed by atoms with E-state index in [1.165, 1.54) is 0 Å². The van der Waals surface area contributed by atoms with Crippen LogP contribution in [0.1, 0.15) is 30.6 Å². The number of nitrogens with zero attached hydrogens (tertiary/aromatic N) is 2. The monoisotopic (exact) mass is 272 g/mol. The van der Waals surface area contributed by atoms with E-state index in [4.69, 9.17) is 5.73 Å². The molecule has 106 valence electrons. The quantitative estimate of drug-likeness (QED) is 0.830. The third-order valence-electron chi connectivity index (χ3n) is 4.31. The fraction of sp³-hybridized carbons (Fsp3) is 0.467. The highest BCUT2D eigenvalue weighted by molar-refractivity contribution is 6.06. The van der Waals surface area contributed by atoms with Crippen LogP contribution in [-0.4, -0.2) is 40.1 Å². The third-order valence-corrected chi connectivity index (χ3v) is 4.31. The van der Waals surface area contributed by atoms with Gasteiger partial charge in [0.2, 0.25) is 0 Å².